The molecule has 2 N–H and O–H groups in total. The minimum atomic E-state index is -0.287. The third kappa shape index (κ3) is 3.43. The molecule has 2 amide bonds. The van der Waals surface area contributed by atoms with E-state index in [2.05, 4.69) is 10.6 Å². The molecule has 140 valence electrons. The summed E-state index contributed by atoms with van der Waals surface area (Å²) in [6.07, 6.45) is 4.69. The second-order valence-electron chi connectivity index (χ2n) is 7.62. The van der Waals surface area contributed by atoms with E-state index in [1.54, 1.807) is 4.90 Å². The van der Waals surface area contributed by atoms with Crippen molar-refractivity contribution in [2.24, 2.45) is 5.92 Å². The first-order valence-corrected chi connectivity index (χ1v) is 9.72. The fraction of sp³-hybridized carbons (Fsp3) is 0.600. The first-order chi connectivity index (χ1) is 12.6. The van der Waals surface area contributed by atoms with E-state index in [0.29, 0.717) is 31.0 Å². The summed E-state index contributed by atoms with van der Waals surface area (Å²) in [4.78, 5) is 27.0. The number of ether oxygens (including phenoxy) is 1. The second kappa shape index (κ2) is 7.27. The van der Waals surface area contributed by atoms with E-state index in [9.17, 15) is 9.59 Å². The predicted molar refractivity (Wildman–Crippen MR) is 99.2 cm³/mol. The Hall–Kier alpha value is -2.08. The van der Waals surface area contributed by atoms with Crippen molar-refractivity contribution in [2.75, 3.05) is 18.1 Å². The highest BCUT2D eigenvalue weighted by Gasteiger charge is 2.39. The maximum Gasteiger partial charge on any atom is 0.227 e. The van der Waals surface area contributed by atoms with E-state index < -0.39 is 0 Å². The van der Waals surface area contributed by atoms with Crippen LogP contribution in [0.4, 0.5) is 5.69 Å². The fourth-order valence-electron chi connectivity index (χ4n) is 4.57. The maximum absolute atomic E-state index is 12.7. The van der Waals surface area contributed by atoms with Crippen LogP contribution in [0.1, 0.15) is 39.0 Å². The molecule has 6 nitrogen and oxygen atoms in total. The zero-order valence-corrected chi connectivity index (χ0v) is 15.2. The number of hydrogen-bond acceptors (Lipinski definition) is 4. The van der Waals surface area contributed by atoms with Gasteiger partial charge in [0.15, 0.2) is 0 Å². The van der Waals surface area contributed by atoms with Gasteiger partial charge >= 0.3 is 0 Å². The van der Waals surface area contributed by atoms with Gasteiger partial charge in [-0.15, -0.1) is 0 Å². The van der Waals surface area contributed by atoms with Crippen LogP contribution in [0, 0.1) is 5.92 Å². The Morgan fingerprint density at radius 2 is 2.00 bits per heavy atom. The maximum atomic E-state index is 12.7. The van der Waals surface area contributed by atoms with Crippen molar-refractivity contribution in [1.82, 2.24) is 10.6 Å². The van der Waals surface area contributed by atoms with Crippen LogP contribution in [-0.2, 0) is 9.59 Å². The lowest BCUT2D eigenvalue weighted by molar-refractivity contribution is -0.127. The normalized spacial score (nSPS) is 30.5. The molecule has 0 spiro atoms. The van der Waals surface area contributed by atoms with Gasteiger partial charge in [-0.2, -0.15) is 0 Å². The van der Waals surface area contributed by atoms with E-state index in [1.165, 1.54) is 12.8 Å². The van der Waals surface area contributed by atoms with E-state index in [-0.39, 0.29) is 30.2 Å². The third-order valence-corrected chi connectivity index (χ3v) is 5.77. The third-order valence-electron chi connectivity index (χ3n) is 5.77. The Morgan fingerprint density at radius 1 is 1.27 bits per heavy atom. The quantitative estimate of drug-likeness (QED) is 0.844. The Morgan fingerprint density at radius 3 is 2.73 bits per heavy atom. The van der Waals surface area contributed by atoms with Gasteiger partial charge in [0, 0.05) is 31.1 Å². The van der Waals surface area contributed by atoms with Gasteiger partial charge < -0.3 is 20.3 Å². The van der Waals surface area contributed by atoms with Crippen molar-refractivity contribution >= 4 is 17.5 Å². The molecule has 4 rings (SSSR count). The summed E-state index contributed by atoms with van der Waals surface area (Å²) >= 11 is 0. The van der Waals surface area contributed by atoms with Crippen LogP contribution in [0.2, 0.25) is 0 Å². The first-order valence-electron chi connectivity index (χ1n) is 9.72. The molecule has 3 atom stereocenters. The van der Waals surface area contributed by atoms with Gasteiger partial charge in [-0.25, -0.2) is 0 Å². The molecular formula is C20H27N3O3. The molecule has 1 aromatic rings. The highest BCUT2D eigenvalue weighted by atomic mass is 16.5. The van der Waals surface area contributed by atoms with Gasteiger partial charge in [0.05, 0.1) is 18.2 Å². The average Bonchev–Trinajstić information content (AvgIpc) is 3.18. The molecule has 0 radical (unpaired) electrons. The lowest BCUT2D eigenvalue weighted by Crippen LogP contribution is -2.49. The number of benzene rings is 1. The Kier molecular flexibility index (Phi) is 4.85. The Balaban J connectivity index is 1.40. The van der Waals surface area contributed by atoms with Crippen LogP contribution in [0.15, 0.2) is 24.3 Å². The predicted octanol–water partition coefficient (Wildman–Crippen LogP) is 1.84. The lowest BCUT2D eigenvalue weighted by Gasteiger charge is -2.30. The van der Waals surface area contributed by atoms with Gasteiger partial charge in [0.1, 0.15) is 5.75 Å². The van der Waals surface area contributed by atoms with Gasteiger partial charge in [-0.05, 0) is 44.7 Å². The van der Waals surface area contributed by atoms with Crippen molar-refractivity contribution in [2.45, 2.75) is 57.2 Å². The van der Waals surface area contributed by atoms with Crippen molar-refractivity contribution in [3.05, 3.63) is 24.3 Å². The minimum Gasteiger partial charge on any atom is -0.492 e. The van der Waals surface area contributed by atoms with Crippen molar-refractivity contribution in [3.8, 4) is 5.75 Å². The number of fused-ring (bicyclic) bond motifs is 2. The number of nitrogens with one attached hydrogen (secondary N) is 2. The largest absolute Gasteiger partial charge is 0.492 e. The van der Waals surface area contributed by atoms with E-state index in [1.807, 2.05) is 31.2 Å². The van der Waals surface area contributed by atoms with Crippen LogP contribution in [0.5, 0.6) is 5.75 Å². The zero-order valence-electron chi connectivity index (χ0n) is 15.2. The summed E-state index contributed by atoms with van der Waals surface area (Å²) in [5.74, 6) is 0.410. The van der Waals surface area contributed by atoms with Crippen LogP contribution < -0.4 is 20.3 Å². The number of carbonyl (C=O) groups is 2. The number of amides is 2. The summed E-state index contributed by atoms with van der Waals surface area (Å²) in [6, 6.07) is 8.85. The van der Waals surface area contributed by atoms with Gasteiger partial charge in [0.25, 0.3) is 0 Å². The number of rotatable bonds is 5. The van der Waals surface area contributed by atoms with Crippen LogP contribution in [-0.4, -0.2) is 43.1 Å². The number of carbonyl (C=O) groups excluding carboxylic acids is 2. The number of nitrogens with zero attached hydrogens (tertiary/aromatic N) is 1. The van der Waals surface area contributed by atoms with Gasteiger partial charge in [-0.3, -0.25) is 9.59 Å². The molecule has 0 saturated carbocycles. The summed E-state index contributed by atoms with van der Waals surface area (Å²) in [5, 5.41) is 6.79. The average molecular weight is 357 g/mol. The standard InChI is InChI=1S/C20H27N3O3/c1-2-26-18-6-4-3-5-17(18)23-12-13(9-19(23)24)20(25)22-16-10-14-7-8-15(11-16)21-14/h3-6,13-16,21H,2,7-12H2,1H3,(H,22,25). The summed E-state index contributed by atoms with van der Waals surface area (Å²) in [5.41, 5.74) is 0.759. The SMILES string of the molecule is CCOc1ccccc1N1CC(C(=O)NC2CC3CCC(C2)N3)CC1=O. The molecule has 0 aromatic heterocycles. The molecule has 3 aliphatic heterocycles. The highest BCUT2D eigenvalue weighted by Crippen LogP contribution is 2.33. The molecule has 3 unspecified atom stereocenters. The molecule has 3 fully saturated rings. The Bertz CT molecular complexity index is 681. The van der Waals surface area contributed by atoms with Gasteiger partial charge in [-0.1, -0.05) is 12.1 Å². The zero-order chi connectivity index (χ0) is 18.1. The summed E-state index contributed by atoms with van der Waals surface area (Å²) < 4.78 is 5.64. The molecular weight excluding hydrogens is 330 g/mol. The van der Waals surface area contributed by atoms with Crippen LogP contribution >= 0.6 is 0 Å². The Labute approximate surface area is 154 Å². The highest BCUT2D eigenvalue weighted by molar-refractivity contribution is 6.01. The molecule has 26 heavy (non-hydrogen) atoms. The molecule has 3 aliphatic rings. The van der Waals surface area contributed by atoms with E-state index >= 15 is 0 Å². The minimum absolute atomic E-state index is 0.0114. The van der Waals surface area contributed by atoms with Crippen LogP contribution in [0.25, 0.3) is 0 Å². The van der Waals surface area contributed by atoms with E-state index in [4.69, 9.17) is 4.74 Å². The molecule has 1 aromatic carbocycles. The molecule has 2 bridgehead atoms. The topological polar surface area (TPSA) is 70.7 Å². The van der Waals surface area contributed by atoms with Crippen molar-refractivity contribution in [3.63, 3.8) is 0 Å². The number of para-hydroxylation sites is 2. The molecule has 3 saturated heterocycles. The van der Waals surface area contributed by atoms with E-state index in [0.717, 1.165) is 18.5 Å². The monoisotopic (exact) mass is 357 g/mol. The second-order valence-corrected chi connectivity index (χ2v) is 7.62. The fourth-order valence-corrected chi connectivity index (χ4v) is 4.57. The first kappa shape index (κ1) is 17.3. The smallest absolute Gasteiger partial charge is 0.227 e. The van der Waals surface area contributed by atoms with Crippen LogP contribution in [0.3, 0.4) is 0 Å². The summed E-state index contributed by atoms with van der Waals surface area (Å²) in [7, 11) is 0. The van der Waals surface area contributed by atoms with Gasteiger partial charge in [0.2, 0.25) is 11.8 Å². The molecule has 6 heteroatoms. The number of hydrogen-bond donors (Lipinski definition) is 2. The molecule has 3 heterocycles. The van der Waals surface area contributed by atoms with Crippen molar-refractivity contribution in [1.29, 1.82) is 0 Å². The number of anilines is 1. The lowest BCUT2D eigenvalue weighted by atomic mass is 9.98. The number of piperidine rings is 1. The van der Waals surface area contributed by atoms with Crippen molar-refractivity contribution < 1.29 is 14.3 Å². The summed E-state index contributed by atoms with van der Waals surface area (Å²) in [6.45, 7) is 2.89. The molecule has 0 aliphatic carbocycles.